The number of piperidine rings is 1. The van der Waals surface area contributed by atoms with Gasteiger partial charge in [-0.25, -0.2) is 0 Å². The van der Waals surface area contributed by atoms with Crippen LogP contribution in [0.15, 0.2) is 41.8 Å². The van der Waals surface area contributed by atoms with Gasteiger partial charge in [-0.3, -0.25) is 9.59 Å². The van der Waals surface area contributed by atoms with Crippen LogP contribution in [0.1, 0.15) is 46.6 Å². The molecule has 156 valence electrons. The van der Waals surface area contributed by atoms with Crippen molar-refractivity contribution in [2.45, 2.75) is 32.2 Å². The van der Waals surface area contributed by atoms with Crippen molar-refractivity contribution in [2.24, 2.45) is 5.92 Å². The lowest BCUT2D eigenvalue weighted by atomic mass is 9.95. The molecule has 2 amide bonds. The van der Waals surface area contributed by atoms with E-state index in [1.807, 2.05) is 36.5 Å². The van der Waals surface area contributed by atoms with E-state index in [1.165, 1.54) is 22.5 Å². The van der Waals surface area contributed by atoms with Crippen molar-refractivity contribution >= 4 is 23.2 Å². The van der Waals surface area contributed by atoms with Gasteiger partial charge in [0.1, 0.15) is 0 Å². The van der Waals surface area contributed by atoms with Crippen LogP contribution in [0.25, 0.3) is 0 Å². The highest BCUT2D eigenvalue weighted by Crippen LogP contribution is 2.22. The molecule has 5 nitrogen and oxygen atoms in total. The van der Waals surface area contributed by atoms with Crippen molar-refractivity contribution in [1.82, 2.24) is 15.1 Å². The molecule has 0 bridgehead atoms. The summed E-state index contributed by atoms with van der Waals surface area (Å²) in [5.41, 5.74) is 2.53. The van der Waals surface area contributed by atoms with E-state index < -0.39 is 0 Å². The molecule has 0 saturated carbocycles. The van der Waals surface area contributed by atoms with E-state index in [2.05, 4.69) is 41.4 Å². The summed E-state index contributed by atoms with van der Waals surface area (Å²) in [6.45, 7) is 4.03. The summed E-state index contributed by atoms with van der Waals surface area (Å²) in [7, 11) is 4.08. The summed E-state index contributed by atoms with van der Waals surface area (Å²) >= 11 is 1.47. The number of nitrogens with zero attached hydrogens (tertiary/aromatic N) is 2. The zero-order valence-electron chi connectivity index (χ0n) is 17.6. The van der Waals surface area contributed by atoms with Crippen LogP contribution >= 0.6 is 11.3 Å². The number of carbonyl (C=O) groups excluding carboxylic acids is 2. The van der Waals surface area contributed by atoms with Crippen LogP contribution in [0.3, 0.4) is 0 Å². The molecule has 1 atom stereocenters. The maximum atomic E-state index is 12.7. The smallest absolute Gasteiger partial charge is 0.263 e. The van der Waals surface area contributed by atoms with E-state index in [4.69, 9.17) is 0 Å². The molecule has 2 aromatic rings. The summed E-state index contributed by atoms with van der Waals surface area (Å²) in [6.07, 6.45) is 2.47. The molecule has 6 heteroatoms. The third kappa shape index (κ3) is 5.46. The molecule has 3 rings (SSSR count). The van der Waals surface area contributed by atoms with Crippen LogP contribution in [-0.4, -0.2) is 55.3 Å². The number of rotatable bonds is 7. The molecular formula is C23H31N3O2S. The summed E-state index contributed by atoms with van der Waals surface area (Å²) in [5.74, 6) is 0.167. The minimum atomic E-state index is -0.0207. The predicted molar refractivity (Wildman–Crippen MR) is 118 cm³/mol. The summed E-state index contributed by atoms with van der Waals surface area (Å²) in [6, 6.07) is 12.5. The monoisotopic (exact) mass is 413 g/mol. The van der Waals surface area contributed by atoms with Gasteiger partial charge >= 0.3 is 0 Å². The zero-order valence-corrected chi connectivity index (χ0v) is 18.4. The quantitative estimate of drug-likeness (QED) is 0.755. The first kappa shape index (κ1) is 21.5. The van der Waals surface area contributed by atoms with E-state index in [9.17, 15) is 9.59 Å². The molecule has 1 fully saturated rings. The van der Waals surface area contributed by atoms with Gasteiger partial charge in [-0.15, -0.1) is 11.3 Å². The molecule has 0 spiro atoms. The lowest BCUT2D eigenvalue weighted by Crippen LogP contribution is -2.44. The Morgan fingerprint density at radius 2 is 1.86 bits per heavy atom. The Labute approximate surface area is 177 Å². The molecule has 2 heterocycles. The van der Waals surface area contributed by atoms with E-state index in [0.717, 1.165) is 24.1 Å². The number of thiophene rings is 1. The molecule has 0 unspecified atom stereocenters. The fourth-order valence-electron chi connectivity index (χ4n) is 3.82. The average Bonchev–Trinajstić information content (AvgIpc) is 3.28. The predicted octanol–water partition coefficient (Wildman–Crippen LogP) is 3.58. The number of hydrogen-bond acceptors (Lipinski definition) is 4. The van der Waals surface area contributed by atoms with Crippen molar-refractivity contribution in [3.8, 4) is 0 Å². The standard InChI is InChI=1S/C23H31N3O2S/c1-4-17-7-9-18(10-8-17)20(25(2)3)16-24-22(27)19-11-13-26(14-12-19)23(28)21-6-5-15-29-21/h5-10,15,19-20H,4,11-14,16H2,1-3H3,(H,24,27)/t20-/m1/s1. The van der Waals surface area contributed by atoms with Gasteiger partial charge in [-0.2, -0.15) is 0 Å². The SMILES string of the molecule is CCc1ccc([C@@H](CNC(=O)C2CCN(C(=O)c3cccs3)CC2)N(C)C)cc1. The number of hydrogen-bond donors (Lipinski definition) is 1. The highest BCUT2D eigenvalue weighted by molar-refractivity contribution is 7.12. The van der Waals surface area contributed by atoms with Crippen LogP contribution in [0.2, 0.25) is 0 Å². The third-order valence-electron chi connectivity index (χ3n) is 5.75. The molecular weight excluding hydrogens is 382 g/mol. The average molecular weight is 414 g/mol. The van der Waals surface area contributed by atoms with Gasteiger partial charge in [0.05, 0.1) is 10.9 Å². The lowest BCUT2D eigenvalue weighted by Gasteiger charge is -2.32. The van der Waals surface area contributed by atoms with E-state index >= 15 is 0 Å². The van der Waals surface area contributed by atoms with Gasteiger partial charge in [-0.05, 0) is 55.9 Å². The fourth-order valence-corrected chi connectivity index (χ4v) is 4.51. The number of likely N-dealkylation sites (tertiary alicyclic amines) is 1. The normalized spacial score (nSPS) is 16.1. The van der Waals surface area contributed by atoms with Crippen molar-refractivity contribution in [3.63, 3.8) is 0 Å². The minimum absolute atomic E-state index is 0.0207. The van der Waals surface area contributed by atoms with Gasteiger partial charge in [0, 0.05) is 25.6 Å². The van der Waals surface area contributed by atoms with Gasteiger partial charge in [0.2, 0.25) is 5.91 Å². The number of nitrogens with one attached hydrogen (secondary N) is 1. The van der Waals surface area contributed by atoms with Gasteiger partial charge in [0.25, 0.3) is 5.91 Å². The van der Waals surface area contributed by atoms with Crippen LogP contribution in [0, 0.1) is 5.92 Å². The third-order valence-corrected chi connectivity index (χ3v) is 6.61. The zero-order chi connectivity index (χ0) is 20.8. The fraction of sp³-hybridized carbons (Fsp3) is 0.478. The van der Waals surface area contributed by atoms with Crippen molar-refractivity contribution in [3.05, 3.63) is 57.8 Å². The molecule has 0 radical (unpaired) electrons. The van der Waals surface area contributed by atoms with Crippen LogP contribution in [-0.2, 0) is 11.2 Å². The molecule has 1 N–H and O–H groups in total. The van der Waals surface area contributed by atoms with Crippen LogP contribution in [0.4, 0.5) is 0 Å². The lowest BCUT2D eigenvalue weighted by molar-refractivity contribution is -0.126. The Hall–Kier alpha value is -2.18. The van der Waals surface area contributed by atoms with Crippen molar-refractivity contribution in [2.75, 3.05) is 33.7 Å². The second-order valence-corrected chi connectivity index (χ2v) is 8.81. The Bertz CT molecular complexity index is 794. The highest BCUT2D eigenvalue weighted by atomic mass is 32.1. The Kier molecular flexibility index (Phi) is 7.45. The Balaban J connectivity index is 1.51. The molecule has 1 aromatic carbocycles. The summed E-state index contributed by atoms with van der Waals surface area (Å²) in [5, 5.41) is 5.07. The van der Waals surface area contributed by atoms with Gasteiger partial charge in [0.15, 0.2) is 0 Å². The first-order valence-electron chi connectivity index (χ1n) is 10.3. The largest absolute Gasteiger partial charge is 0.354 e. The topological polar surface area (TPSA) is 52.7 Å². The molecule has 1 aliphatic rings. The molecule has 1 aromatic heterocycles. The number of aryl methyl sites for hydroxylation is 1. The van der Waals surface area contributed by atoms with Gasteiger partial charge in [-0.1, -0.05) is 37.3 Å². The number of carbonyl (C=O) groups is 2. The summed E-state index contributed by atoms with van der Waals surface area (Å²) < 4.78 is 0. The first-order chi connectivity index (χ1) is 14.0. The van der Waals surface area contributed by atoms with E-state index in [1.54, 1.807) is 0 Å². The second kappa shape index (κ2) is 10.0. The van der Waals surface area contributed by atoms with Crippen LogP contribution in [0.5, 0.6) is 0 Å². The van der Waals surface area contributed by atoms with Gasteiger partial charge < -0.3 is 15.1 Å². The van der Waals surface area contributed by atoms with E-state index in [-0.39, 0.29) is 23.8 Å². The number of benzene rings is 1. The second-order valence-electron chi connectivity index (χ2n) is 7.86. The minimum Gasteiger partial charge on any atom is -0.354 e. The van der Waals surface area contributed by atoms with Crippen LogP contribution < -0.4 is 5.32 Å². The molecule has 0 aliphatic carbocycles. The number of amides is 2. The maximum Gasteiger partial charge on any atom is 0.263 e. The first-order valence-corrected chi connectivity index (χ1v) is 11.2. The maximum absolute atomic E-state index is 12.7. The number of likely N-dealkylation sites (N-methyl/N-ethyl adjacent to an activating group) is 1. The van der Waals surface area contributed by atoms with Crippen molar-refractivity contribution in [1.29, 1.82) is 0 Å². The molecule has 29 heavy (non-hydrogen) atoms. The highest BCUT2D eigenvalue weighted by Gasteiger charge is 2.28. The molecule has 1 aliphatic heterocycles. The van der Waals surface area contributed by atoms with Crippen molar-refractivity contribution < 1.29 is 9.59 Å². The van der Waals surface area contributed by atoms with E-state index in [0.29, 0.717) is 19.6 Å². The summed E-state index contributed by atoms with van der Waals surface area (Å²) in [4.78, 5) is 30.0. The Morgan fingerprint density at radius 3 is 2.41 bits per heavy atom. The molecule has 1 saturated heterocycles. The Morgan fingerprint density at radius 1 is 1.17 bits per heavy atom.